The summed E-state index contributed by atoms with van der Waals surface area (Å²) in [6.45, 7) is 11.5. The summed E-state index contributed by atoms with van der Waals surface area (Å²) in [4.78, 5) is 0. The van der Waals surface area contributed by atoms with Crippen molar-refractivity contribution in [2.45, 2.75) is 79.1 Å². The summed E-state index contributed by atoms with van der Waals surface area (Å²) in [5.41, 5.74) is 0. The van der Waals surface area contributed by atoms with Crippen LogP contribution in [0.4, 0.5) is 0 Å². The molecule has 9 heteroatoms. The van der Waals surface area contributed by atoms with E-state index in [2.05, 4.69) is 0 Å². The van der Waals surface area contributed by atoms with Crippen LogP contribution in [0.2, 0.25) is 0 Å². The molecule has 134 valence electrons. The molecule has 0 aliphatic carbocycles. The van der Waals surface area contributed by atoms with E-state index in [1.54, 1.807) is 0 Å². The van der Waals surface area contributed by atoms with Crippen LogP contribution in [0.5, 0.6) is 0 Å². The SMILES string of the molecule is CCC(C)O[Si](OC(C)CC)(OC(C)CC)[O][Ti]([OH])([OH])[O]C. The van der Waals surface area contributed by atoms with Crippen molar-refractivity contribution in [1.82, 2.24) is 0 Å². The van der Waals surface area contributed by atoms with Gasteiger partial charge in [-0.15, -0.1) is 0 Å². The second-order valence-corrected chi connectivity index (χ2v) is 10.6. The van der Waals surface area contributed by atoms with Gasteiger partial charge in [0.1, 0.15) is 0 Å². The van der Waals surface area contributed by atoms with Crippen LogP contribution in [0.3, 0.4) is 0 Å². The molecule has 0 aromatic rings. The van der Waals surface area contributed by atoms with Crippen LogP contribution in [0.15, 0.2) is 0 Å². The molecule has 2 N–H and O–H groups in total. The van der Waals surface area contributed by atoms with Gasteiger partial charge in [0, 0.05) is 0 Å². The van der Waals surface area contributed by atoms with Crippen molar-refractivity contribution < 1.29 is 45.1 Å². The van der Waals surface area contributed by atoms with Crippen LogP contribution >= 0.6 is 0 Å². The van der Waals surface area contributed by atoms with Crippen LogP contribution in [-0.2, 0) is 37.7 Å². The Hall–Kier alpha value is 0.651. The van der Waals surface area contributed by atoms with Crippen LogP contribution < -0.4 is 0 Å². The van der Waals surface area contributed by atoms with E-state index < -0.39 is 27.2 Å². The fourth-order valence-corrected chi connectivity index (χ4v) is 6.64. The number of hydrogen-bond acceptors (Lipinski definition) is 7. The zero-order valence-corrected chi connectivity index (χ0v) is 17.4. The standard InChI is InChI=1S/C12H27O4Si.CH3O.2H2O.Ti/c1-7-10(4)14-17(13,15-11(5)8-2)16-12(6)9-3;1-2;;;/h10-12H,7-9H2,1-6H3;1H3;2*1H2;/q2*-1;;;+4/p-2. The molecule has 0 saturated carbocycles. The van der Waals surface area contributed by atoms with Gasteiger partial charge in [-0.1, -0.05) is 0 Å². The van der Waals surface area contributed by atoms with Crippen LogP contribution in [-0.4, -0.2) is 41.8 Å². The normalized spacial score (nSPS) is 19.5. The summed E-state index contributed by atoms with van der Waals surface area (Å²) in [7, 11) is -2.56. The molecular weight excluding hydrogens is 344 g/mol. The van der Waals surface area contributed by atoms with E-state index in [0.717, 1.165) is 19.3 Å². The minimum absolute atomic E-state index is 0.199. The van der Waals surface area contributed by atoms with Gasteiger partial charge in [-0.3, -0.25) is 0 Å². The summed E-state index contributed by atoms with van der Waals surface area (Å²) >= 11 is -4.90. The molecule has 0 rings (SSSR count). The molecule has 0 amide bonds. The number of hydrogen-bond donors (Lipinski definition) is 2. The van der Waals surface area contributed by atoms with E-state index in [-0.39, 0.29) is 18.3 Å². The predicted molar refractivity (Wildman–Crippen MR) is 80.8 cm³/mol. The van der Waals surface area contributed by atoms with E-state index in [1.165, 1.54) is 7.11 Å². The fraction of sp³-hybridized carbons (Fsp3) is 1.00. The Balaban J connectivity index is 5.45. The molecule has 3 unspecified atom stereocenters. The summed E-state index contributed by atoms with van der Waals surface area (Å²) in [6, 6.07) is 0. The summed E-state index contributed by atoms with van der Waals surface area (Å²) in [6.07, 6.45) is 1.56. The maximum atomic E-state index is 9.91. The van der Waals surface area contributed by atoms with E-state index >= 15 is 0 Å². The minimum atomic E-state index is -4.90. The van der Waals surface area contributed by atoms with Gasteiger partial charge in [0.15, 0.2) is 0 Å². The van der Waals surface area contributed by atoms with E-state index in [0.29, 0.717) is 0 Å². The Bertz CT molecular complexity index is 275. The van der Waals surface area contributed by atoms with Gasteiger partial charge in [-0.25, -0.2) is 0 Å². The van der Waals surface area contributed by atoms with Crippen molar-refractivity contribution in [1.29, 1.82) is 0 Å². The monoisotopic (exact) mass is 376 g/mol. The molecule has 0 bridgehead atoms. The quantitative estimate of drug-likeness (QED) is 0.506. The molecule has 0 saturated heterocycles. The first kappa shape index (κ1) is 22.7. The molecule has 0 aliphatic rings. The van der Waals surface area contributed by atoms with E-state index in [4.69, 9.17) is 19.6 Å². The molecular formula is C13H32O7SiTi. The molecule has 22 heavy (non-hydrogen) atoms. The first-order valence-corrected chi connectivity index (χ1v) is 12.2. The molecule has 0 spiro atoms. The van der Waals surface area contributed by atoms with Crippen LogP contribution in [0, 0.1) is 0 Å². The first-order chi connectivity index (χ1) is 10.1. The molecule has 0 aliphatic heterocycles. The summed E-state index contributed by atoms with van der Waals surface area (Å²) in [5.74, 6) is 0. The third kappa shape index (κ3) is 8.49. The van der Waals surface area contributed by atoms with Crippen molar-refractivity contribution in [3.63, 3.8) is 0 Å². The van der Waals surface area contributed by atoms with Gasteiger partial charge >= 0.3 is 140 Å². The average molecular weight is 376 g/mol. The predicted octanol–water partition coefficient (Wildman–Crippen LogP) is 2.33. The summed E-state index contributed by atoms with van der Waals surface area (Å²) in [5, 5.41) is 0. The zero-order chi connectivity index (χ0) is 17.4. The maximum absolute atomic E-state index is 9.91. The van der Waals surface area contributed by atoms with Crippen LogP contribution in [0.25, 0.3) is 0 Å². The molecule has 3 atom stereocenters. The Morgan fingerprint density at radius 1 is 0.818 bits per heavy atom. The first-order valence-electron chi connectivity index (χ1n) is 7.87. The van der Waals surface area contributed by atoms with Crippen molar-refractivity contribution in [2.75, 3.05) is 7.11 Å². The Morgan fingerprint density at radius 2 is 1.14 bits per heavy atom. The number of rotatable bonds is 12. The van der Waals surface area contributed by atoms with Crippen molar-refractivity contribution in [2.24, 2.45) is 0 Å². The molecule has 0 aromatic carbocycles. The van der Waals surface area contributed by atoms with Crippen LogP contribution in [0.1, 0.15) is 60.8 Å². The molecule has 0 radical (unpaired) electrons. The van der Waals surface area contributed by atoms with Gasteiger partial charge in [-0.05, 0) is 0 Å². The van der Waals surface area contributed by atoms with Gasteiger partial charge < -0.3 is 0 Å². The van der Waals surface area contributed by atoms with Crippen molar-refractivity contribution >= 4 is 9.05 Å². The van der Waals surface area contributed by atoms with E-state index in [9.17, 15) is 7.38 Å². The summed E-state index contributed by atoms with van der Waals surface area (Å²) < 4.78 is 47.6. The fourth-order valence-electron chi connectivity index (χ4n) is 1.35. The molecule has 0 fully saturated rings. The zero-order valence-electron chi connectivity index (χ0n) is 14.8. The topological polar surface area (TPSA) is 86.6 Å². The molecule has 0 aromatic heterocycles. The third-order valence-corrected chi connectivity index (χ3v) is 9.12. The van der Waals surface area contributed by atoms with E-state index in [1.807, 2.05) is 41.5 Å². The van der Waals surface area contributed by atoms with Crippen molar-refractivity contribution in [3.8, 4) is 0 Å². The molecule has 0 heterocycles. The second-order valence-electron chi connectivity index (χ2n) is 5.36. The van der Waals surface area contributed by atoms with Gasteiger partial charge in [0.25, 0.3) is 0 Å². The Kier molecular flexibility index (Phi) is 10.8. The Morgan fingerprint density at radius 3 is 1.36 bits per heavy atom. The average Bonchev–Trinajstić information content (AvgIpc) is 2.45. The molecule has 7 nitrogen and oxygen atoms in total. The van der Waals surface area contributed by atoms with Gasteiger partial charge in [0.05, 0.1) is 0 Å². The van der Waals surface area contributed by atoms with Gasteiger partial charge in [0.2, 0.25) is 0 Å². The van der Waals surface area contributed by atoms with Crippen molar-refractivity contribution in [3.05, 3.63) is 0 Å². The second kappa shape index (κ2) is 10.5. The van der Waals surface area contributed by atoms with Gasteiger partial charge in [-0.2, -0.15) is 0 Å². The Labute approximate surface area is 140 Å². The third-order valence-electron chi connectivity index (χ3n) is 3.29.